The molecule has 3 atom stereocenters. The Morgan fingerprint density at radius 2 is 2.16 bits per heavy atom. The average molecular weight is 260 g/mol. The molecule has 2 nitrogen and oxygen atoms in total. The molecule has 4 rings (SSSR count). The van der Waals surface area contributed by atoms with Crippen molar-refractivity contribution in [1.29, 1.82) is 0 Å². The Morgan fingerprint density at radius 1 is 1.21 bits per heavy atom. The predicted octanol–water partition coefficient (Wildman–Crippen LogP) is 2.50. The largest absolute Gasteiger partial charge is 0.312 e. The summed E-state index contributed by atoms with van der Waals surface area (Å²) >= 11 is 0. The van der Waals surface area contributed by atoms with E-state index < -0.39 is 0 Å². The molecule has 0 saturated carbocycles. The molecule has 1 aliphatic carbocycles. The molecule has 2 heterocycles. The van der Waals surface area contributed by atoms with E-state index in [4.69, 9.17) is 0 Å². The minimum atomic E-state index is -0.00487. The molecule has 102 valence electrons. The summed E-state index contributed by atoms with van der Waals surface area (Å²) in [6, 6.07) is 6.73. The molecule has 2 aliphatic heterocycles. The van der Waals surface area contributed by atoms with Crippen LogP contribution in [-0.2, 0) is 6.42 Å². The van der Waals surface area contributed by atoms with Gasteiger partial charge in [0, 0.05) is 25.2 Å². The molecule has 1 unspecified atom stereocenters. The van der Waals surface area contributed by atoms with Crippen LogP contribution in [0.4, 0.5) is 4.39 Å². The summed E-state index contributed by atoms with van der Waals surface area (Å²) in [6.45, 7) is 3.51. The van der Waals surface area contributed by atoms with Gasteiger partial charge in [0.05, 0.1) is 0 Å². The van der Waals surface area contributed by atoms with Crippen LogP contribution in [0.25, 0.3) is 0 Å². The number of hydrogen-bond acceptors (Lipinski definition) is 2. The van der Waals surface area contributed by atoms with Gasteiger partial charge in [-0.3, -0.25) is 4.90 Å². The van der Waals surface area contributed by atoms with E-state index in [0.29, 0.717) is 12.1 Å². The van der Waals surface area contributed by atoms with Crippen molar-refractivity contribution in [3.05, 3.63) is 35.1 Å². The Balaban J connectivity index is 1.58. The first kappa shape index (κ1) is 11.9. The molecule has 0 aromatic heterocycles. The van der Waals surface area contributed by atoms with Gasteiger partial charge in [0.1, 0.15) is 5.82 Å². The van der Waals surface area contributed by atoms with Crippen molar-refractivity contribution in [2.75, 3.05) is 19.6 Å². The second kappa shape index (κ2) is 4.57. The van der Waals surface area contributed by atoms with Gasteiger partial charge in [-0.15, -0.1) is 0 Å². The molecule has 1 aromatic carbocycles. The number of benzene rings is 1. The fraction of sp³-hybridized carbons (Fsp3) is 0.625. The minimum absolute atomic E-state index is 0.00487. The van der Waals surface area contributed by atoms with Crippen molar-refractivity contribution in [3.63, 3.8) is 0 Å². The third kappa shape index (κ3) is 1.91. The van der Waals surface area contributed by atoms with Crippen molar-refractivity contribution in [1.82, 2.24) is 10.2 Å². The first-order chi connectivity index (χ1) is 9.33. The van der Waals surface area contributed by atoms with E-state index in [2.05, 4.69) is 16.3 Å². The molecule has 2 saturated heterocycles. The van der Waals surface area contributed by atoms with Crippen molar-refractivity contribution in [2.45, 2.75) is 37.8 Å². The predicted molar refractivity (Wildman–Crippen MR) is 73.5 cm³/mol. The fourth-order valence-electron chi connectivity index (χ4n) is 4.30. The lowest BCUT2D eigenvalue weighted by Crippen LogP contribution is -2.40. The summed E-state index contributed by atoms with van der Waals surface area (Å²) in [5.41, 5.74) is 2.22. The van der Waals surface area contributed by atoms with Gasteiger partial charge in [0.15, 0.2) is 0 Å². The number of rotatable bonds is 1. The van der Waals surface area contributed by atoms with E-state index >= 15 is 0 Å². The van der Waals surface area contributed by atoms with Gasteiger partial charge in [-0.2, -0.15) is 0 Å². The van der Waals surface area contributed by atoms with Crippen LogP contribution in [0.3, 0.4) is 0 Å². The second-order valence-electron chi connectivity index (χ2n) is 6.28. The molecule has 0 radical (unpaired) electrons. The third-order valence-electron chi connectivity index (χ3n) is 5.25. The maximum Gasteiger partial charge on any atom is 0.126 e. The summed E-state index contributed by atoms with van der Waals surface area (Å²) in [5, 5.41) is 3.65. The molecule has 1 aromatic rings. The normalized spacial score (nSPS) is 34.3. The maximum atomic E-state index is 13.8. The van der Waals surface area contributed by atoms with E-state index in [1.54, 1.807) is 6.07 Å². The molecule has 0 bridgehead atoms. The smallest absolute Gasteiger partial charge is 0.126 e. The van der Waals surface area contributed by atoms with Gasteiger partial charge in [-0.05, 0) is 55.3 Å². The lowest BCUT2D eigenvalue weighted by atomic mass is 9.94. The topological polar surface area (TPSA) is 15.3 Å². The van der Waals surface area contributed by atoms with Crippen LogP contribution in [0, 0.1) is 11.7 Å². The quantitative estimate of drug-likeness (QED) is 0.834. The molecular formula is C16H21FN2. The number of nitrogens with one attached hydrogen (secondary N) is 1. The molecule has 1 N–H and O–H groups in total. The third-order valence-corrected chi connectivity index (χ3v) is 5.25. The van der Waals surface area contributed by atoms with Gasteiger partial charge >= 0.3 is 0 Å². The Morgan fingerprint density at radius 3 is 3.05 bits per heavy atom. The van der Waals surface area contributed by atoms with E-state index in [1.807, 2.05) is 6.07 Å². The van der Waals surface area contributed by atoms with Gasteiger partial charge in [0.25, 0.3) is 0 Å². The van der Waals surface area contributed by atoms with Gasteiger partial charge in [0.2, 0.25) is 0 Å². The van der Waals surface area contributed by atoms with Gasteiger partial charge in [-0.1, -0.05) is 12.1 Å². The van der Waals surface area contributed by atoms with Gasteiger partial charge < -0.3 is 5.32 Å². The number of halogens is 1. The lowest BCUT2D eigenvalue weighted by Gasteiger charge is -2.25. The number of nitrogens with zero attached hydrogens (tertiary/aromatic N) is 1. The Kier molecular flexibility index (Phi) is 2.85. The molecular weight excluding hydrogens is 239 g/mol. The summed E-state index contributed by atoms with van der Waals surface area (Å²) in [7, 11) is 0. The standard InChI is InChI=1S/C16H21FN2/c17-14-5-1-4-13-12(14)6-7-16(13)19-9-11-3-2-8-18-15(11)10-19/h1,4-5,11,15-16,18H,2-3,6-10H2/t11-,15+,16?/m0/s1. The Bertz CT molecular complexity index is 474. The maximum absolute atomic E-state index is 13.8. The highest BCUT2D eigenvalue weighted by atomic mass is 19.1. The van der Waals surface area contributed by atoms with Crippen molar-refractivity contribution in [2.24, 2.45) is 5.92 Å². The van der Waals surface area contributed by atoms with Crippen molar-refractivity contribution in [3.8, 4) is 0 Å². The second-order valence-corrected chi connectivity index (χ2v) is 6.28. The highest BCUT2D eigenvalue weighted by molar-refractivity contribution is 5.36. The zero-order valence-electron chi connectivity index (χ0n) is 11.2. The first-order valence-corrected chi connectivity index (χ1v) is 7.57. The van der Waals surface area contributed by atoms with Crippen LogP contribution in [0.15, 0.2) is 18.2 Å². The minimum Gasteiger partial charge on any atom is -0.312 e. The van der Waals surface area contributed by atoms with E-state index in [0.717, 1.165) is 30.9 Å². The fourth-order valence-corrected chi connectivity index (χ4v) is 4.30. The van der Waals surface area contributed by atoms with Crippen molar-refractivity contribution >= 4 is 0 Å². The number of piperidine rings is 1. The number of hydrogen-bond donors (Lipinski definition) is 1. The number of fused-ring (bicyclic) bond motifs is 2. The molecule has 3 aliphatic rings. The molecule has 0 amide bonds. The first-order valence-electron chi connectivity index (χ1n) is 7.57. The van der Waals surface area contributed by atoms with Crippen LogP contribution >= 0.6 is 0 Å². The average Bonchev–Trinajstić information content (AvgIpc) is 3.02. The summed E-state index contributed by atoms with van der Waals surface area (Å²) in [6.07, 6.45) is 4.67. The zero-order valence-corrected chi connectivity index (χ0v) is 11.2. The highest BCUT2D eigenvalue weighted by Gasteiger charge is 2.39. The lowest BCUT2D eigenvalue weighted by molar-refractivity contribution is 0.234. The molecule has 3 heteroatoms. The Hall–Kier alpha value is -0.930. The monoisotopic (exact) mass is 260 g/mol. The summed E-state index contributed by atoms with van der Waals surface area (Å²) in [5.74, 6) is 0.807. The molecule has 19 heavy (non-hydrogen) atoms. The van der Waals surface area contributed by atoms with E-state index in [-0.39, 0.29) is 5.82 Å². The summed E-state index contributed by atoms with van der Waals surface area (Å²) < 4.78 is 13.8. The van der Waals surface area contributed by atoms with Crippen LogP contribution in [0.1, 0.15) is 36.4 Å². The highest BCUT2D eigenvalue weighted by Crippen LogP contribution is 2.40. The SMILES string of the molecule is Fc1cccc2c1CCC2N1C[C@@H]2CCCN[C@@H]2C1. The van der Waals surface area contributed by atoms with Crippen LogP contribution < -0.4 is 5.32 Å². The molecule has 0 spiro atoms. The zero-order chi connectivity index (χ0) is 12.8. The van der Waals surface area contributed by atoms with Crippen molar-refractivity contribution < 1.29 is 4.39 Å². The van der Waals surface area contributed by atoms with Gasteiger partial charge in [-0.25, -0.2) is 4.39 Å². The summed E-state index contributed by atoms with van der Waals surface area (Å²) in [4.78, 5) is 2.60. The number of likely N-dealkylation sites (tertiary alicyclic amines) is 1. The van der Waals surface area contributed by atoms with E-state index in [1.165, 1.54) is 31.5 Å². The van der Waals surface area contributed by atoms with Crippen LogP contribution in [-0.4, -0.2) is 30.6 Å². The van der Waals surface area contributed by atoms with Crippen LogP contribution in [0.2, 0.25) is 0 Å². The Labute approximate surface area is 114 Å². The van der Waals surface area contributed by atoms with Crippen LogP contribution in [0.5, 0.6) is 0 Å². The molecule has 2 fully saturated rings. The van der Waals surface area contributed by atoms with E-state index in [9.17, 15) is 4.39 Å².